The Morgan fingerprint density at radius 1 is 1.77 bits per heavy atom. The van der Waals surface area contributed by atoms with Crippen LogP contribution in [-0.4, -0.2) is 17.8 Å². The molecule has 0 saturated carbocycles. The predicted octanol–water partition coefficient (Wildman–Crippen LogP) is 2.39. The van der Waals surface area contributed by atoms with E-state index in [0.717, 1.165) is 5.69 Å². The van der Waals surface area contributed by atoms with Gasteiger partial charge in [-0.05, 0) is 30.6 Å². The van der Waals surface area contributed by atoms with Gasteiger partial charge in [0.15, 0.2) is 5.11 Å². The van der Waals surface area contributed by atoms with E-state index >= 15 is 0 Å². The number of thiophene rings is 1. The zero-order valence-electron chi connectivity index (χ0n) is 7.21. The highest BCUT2D eigenvalue weighted by molar-refractivity contribution is 7.80. The molecule has 0 amide bonds. The molecule has 0 radical (unpaired) electrons. The third-order valence-electron chi connectivity index (χ3n) is 1.39. The molecule has 0 saturated heterocycles. The summed E-state index contributed by atoms with van der Waals surface area (Å²) in [7, 11) is 0. The van der Waals surface area contributed by atoms with Crippen molar-refractivity contribution < 1.29 is 4.39 Å². The predicted molar refractivity (Wildman–Crippen MR) is 59.1 cm³/mol. The molecule has 0 aromatic carbocycles. The smallest absolute Gasteiger partial charge is 0.171 e. The molecule has 13 heavy (non-hydrogen) atoms. The molecule has 1 aromatic heterocycles. The molecular formula is C8H11FN2S2. The highest BCUT2D eigenvalue weighted by Gasteiger charge is 2.02. The summed E-state index contributed by atoms with van der Waals surface area (Å²) in [5, 5.41) is 10.1. The number of hydrogen-bond acceptors (Lipinski definition) is 2. The number of rotatable bonds is 3. The molecular weight excluding hydrogens is 207 g/mol. The zero-order chi connectivity index (χ0) is 9.68. The highest BCUT2D eigenvalue weighted by Crippen LogP contribution is 2.11. The van der Waals surface area contributed by atoms with Gasteiger partial charge in [0.25, 0.3) is 0 Å². The minimum Gasteiger partial charge on any atom is -0.357 e. The lowest BCUT2D eigenvalue weighted by Gasteiger charge is -2.12. The van der Waals surface area contributed by atoms with Crippen LogP contribution in [0.1, 0.15) is 6.92 Å². The maximum Gasteiger partial charge on any atom is 0.171 e. The van der Waals surface area contributed by atoms with Crippen LogP contribution >= 0.6 is 23.6 Å². The van der Waals surface area contributed by atoms with E-state index < -0.39 is 6.67 Å². The van der Waals surface area contributed by atoms with E-state index in [9.17, 15) is 4.39 Å². The van der Waals surface area contributed by atoms with Gasteiger partial charge in [0.2, 0.25) is 0 Å². The van der Waals surface area contributed by atoms with E-state index in [1.807, 2.05) is 16.8 Å². The SMILES string of the molecule is C[C@@H](CF)NC(=S)Nc1ccsc1. The van der Waals surface area contributed by atoms with E-state index in [1.54, 1.807) is 18.3 Å². The second kappa shape index (κ2) is 5.14. The number of halogens is 1. The van der Waals surface area contributed by atoms with Gasteiger partial charge in [0, 0.05) is 5.38 Å². The molecule has 0 aliphatic carbocycles. The fraction of sp³-hybridized carbons (Fsp3) is 0.375. The minimum absolute atomic E-state index is 0.237. The molecule has 0 aliphatic rings. The summed E-state index contributed by atoms with van der Waals surface area (Å²) in [5.41, 5.74) is 0.938. The van der Waals surface area contributed by atoms with Crippen LogP contribution in [0.4, 0.5) is 10.1 Å². The number of anilines is 1. The topological polar surface area (TPSA) is 24.1 Å². The first-order chi connectivity index (χ1) is 6.22. The van der Waals surface area contributed by atoms with Crippen molar-refractivity contribution >= 4 is 34.4 Å². The van der Waals surface area contributed by atoms with Gasteiger partial charge in [0.05, 0.1) is 11.7 Å². The van der Waals surface area contributed by atoms with Gasteiger partial charge >= 0.3 is 0 Å². The Kier molecular flexibility index (Phi) is 4.11. The molecule has 2 N–H and O–H groups in total. The Balaban J connectivity index is 2.34. The van der Waals surface area contributed by atoms with Crippen LogP contribution in [-0.2, 0) is 0 Å². The first-order valence-corrected chi connectivity index (χ1v) is 5.23. The first-order valence-electron chi connectivity index (χ1n) is 3.88. The van der Waals surface area contributed by atoms with Crippen LogP contribution in [0.5, 0.6) is 0 Å². The van der Waals surface area contributed by atoms with Gasteiger partial charge in [0.1, 0.15) is 6.67 Å². The average molecular weight is 218 g/mol. The van der Waals surface area contributed by atoms with Gasteiger partial charge < -0.3 is 10.6 Å². The van der Waals surface area contributed by atoms with E-state index in [0.29, 0.717) is 5.11 Å². The summed E-state index contributed by atoms with van der Waals surface area (Å²) in [6, 6.07) is 1.68. The third kappa shape index (κ3) is 3.69. The molecule has 0 fully saturated rings. The van der Waals surface area contributed by atoms with Crippen LogP contribution < -0.4 is 10.6 Å². The van der Waals surface area contributed by atoms with Gasteiger partial charge in [-0.25, -0.2) is 4.39 Å². The lowest BCUT2D eigenvalue weighted by molar-refractivity contribution is 0.426. The van der Waals surface area contributed by atoms with Crippen molar-refractivity contribution in [2.75, 3.05) is 12.0 Å². The van der Waals surface area contributed by atoms with E-state index in [-0.39, 0.29) is 6.04 Å². The van der Waals surface area contributed by atoms with E-state index in [1.165, 1.54) is 0 Å². The molecule has 5 heteroatoms. The Bertz CT molecular complexity index is 261. The summed E-state index contributed by atoms with van der Waals surface area (Å²) < 4.78 is 12.1. The molecule has 0 aliphatic heterocycles. The van der Waals surface area contributed by atoms with E-state index in [4.69, 9.17) is 12.2 Å². The van der Waals surface area contributed by atoms with Crippen molar-refractivity contribution in [3.05, 3.63) is 16.8 Å². The largest absolute Gasteiger partial charge is 0.357 e. The summed E-state index contributed by atoms with van der Waals surface area (Å²) in [6.45, 7) is 1.31. The molecule has 1 rings (SSSR count). The fourth-order valence-corrected chi connectivity index (χ4v) is 1.67. The molecule has 1 heterocycles. The number of hydrogen-bond donors (Lipinski definition) is 2. The highest BCUT2D eigenvalue weighted by atomic mass is 32.1. The molecule has 0 unspecified atom stereocenters. The quantitative estimate of drug-likeness (QED) is 0.762. The molecule has 0 spiro atoms. The average Bonchev–Trinajstić information content (AvgIpc) is 2.56. The number of alkyl halides is 1. The standard InChI is InChI=1S/C8H11FN2S2/c1-6(4-9)10-8(12)11-7-2-3-13-5-7/h2-3,5-6H,4H2,1H3,(H2,10,11,12)/t6-/m0/s1. The lowest BCUT2D eigenvalue weighted by Crippen LogP contribution is -2.36. The van der Waals surface area contributed by atoms with Crippen LogP contribution in [0.3, 0.4) is 0 Å². The minimum atomic E-state index is -0.425. The Morgan fingerprint density at radius 3 is 3.08 bits per heavy atom. The lowest BCUT2D eigenvalue weighted by atomic mass is 10.4. The Labute approximate surface area is 86.2 Å². The van der Waals surface area contributed by atoms with Crippen LogP contribution in [0.2, 0.25) is 0 Å². The molecule has 72 valence electrons. The third-order valence-corrected chi connectivity index (χ3v) is 2.29. The maximum absolute atomic E-state index is 12.1. The fourth-order valence-electron chi connectivity index (χ4n) is 0.765. The van der Waals surface area contributed by atoms with Crippen molar-refractivity contribution in [2.24, 2.45) is 0 Å². The monoisotopic (exact) mass is 218 g/mol. The van der Waals surface area contributed by atoms with Crippen molar-refractivity contribution in [3.63, 3.8) is 0 Å². The van der Waals surface area contributed by atoms with Crippen molar-refractivity contribution in [1.29, 1.82) is 0 Å². The van der Waals surface area contributed by atoms with Crippen LogP contribution in [0.25, 0.3) is 0 Å². The summed E-state index contributed by atoms with van der Waals surface area (Å²) in [4.78, 5) is 0. The zero-order valence-corrected chi connectivity index (χ0v) is 8.84. The molecule has 1 atom stereocenters. The molecule has 2 nitrogen and oxygen atoms in total. The second-order valence-corrected chi connectivity index (χ2v) is 3.85. The van der Waals surface area contributed by atoms with Crippen molar-refractivity contribution in [2.45, 2.75) is 13.0 Å². The van der Waals surface area contributed by atoms with Gasteiger partial charge in [-0.1, -0.05) is 0 Å². The normalized spacial score (nSPS) is 12.2. The maximum atomic E-state index is 12.1. The molecule has 1 aromatic rings. The van der Waals surface area contributed by atoms with E-state index in [2.05, 4.69) is 10.6 Å². The number of thiocarbonyl (C=S) groups is 1. The Morgan fingerprint density at radius 2 is 2.54 bits per heavy atom. The first kappa shape index (κ1) is 10.4. The summed E-state index contributed by atoms with van der Waals surface area (Å²) >= 11 is 6.54. The summed E-state index contributed by atoms with van der Waals surface area (Å²) in [5.74, 6) is 0. The van der Waals surface area contributed by atoms with Crippen molar-refractivity contribution in [1.82, 2.24) is 5.32 Å². The van der Waals surface area contributed by atoms with Crippen LogP contribution in [0, 0.1) is 0 Å². The number of nitrogens with one attached hydrogen (secondary N) is 2. The van der Waals surface area contributed by atoms with Crippen molar-refractivity contribution in [3.8, 4) is 0 Å². The van der Waals surface area contributed by atoms with Crippen LogP contribution in [0.15, 0.2) is 16.8 Å². The second-order valence-electron chi connectivity index (χ2n) is 2.67. The van der Waals surface area contributed by atoms with Gasteiger partial charge in [-0.2, -0.15) is 11.3 Å². The molecule has 0 bridgehead atoms. The van der Waals surface area contributed by atoms with Gasteiger partial charge in [-0.3, -0.25) is 0 Å². The Hall–Kier alpha value is -0.680. The van der Waals surface area contributed by atoms with Gasteiger partial charge in [-0.15, -0.1) is 0 Å². The summed E-state index contributed by atoms with van der Waals surface area (Å²) in [6.07, 6.45) is 0.